The predicted molar refractivity (Wildman–Crippen MR) is 154 cm³/mol. The van der Waals surface area contributed by atoms with E-state index in [9.17, 15) is 23.2 Å². The summed E-state index contributed by atoms with van der Waals surface area (Å²) < 4.78 is 27.6. The van der Waals surface area contributed by atoms with Gasteiger partial charge in [0.1, 0.15) is 17.3 Å². The van der Waals surface area contributed by atoms with Crippen molar-refractivity contribution in [3.8, 4) is 0 Å². The molecule has 0 aliphatic carbocycles. The summed E-state index contributed by atoms with van der Waals surface area (Å²) in [5.74, 6) is -2.51. The van der Waals surface area contributed by atoms with Gasteiger partial charge in [0.15, 0.2) is 0 Å². The largest absolute Gasteiger partial charge is 0.325 e. The number of carbonyl (C=O) groups is 3. The molecule has 202 valence electrons. The third kappa shape index (κ3) is 8.02. The topological polar surface area (TPSA) is 87.3 Å². The number of nitrogens with one attached hydrogen (secondary N) is 3. The van der Waals surface area contributed by atoms with Gasteiger partial charge in [0.2, 0.25) is 5.91 Å². The number of halogens is 3. The fourth-order valence-electron chi connectivity index (χ4n) is 3.44. The van der Waals surface area contributed by atoms with Crippen LogP contribution in [0.3, 0.4) is 0 Å². The number of hydrogen-bond donors (Lipinski definition) is 3. The minimum Gasteiger partial charge on any atom is -0.325 e. The minimum absolute atomic E-state index is 0.0851. The maximum atomic E-state index is 14.3. The van der Waals surface area contributed by atoms with E-state index in [1.807, 2.05) is 0 Å². The van der Waals surface area contributed by atoms with Gasteiger partial charge in [-0.05, 0) is 66.7 Å². The Balaban J connectivity index is 1.40. The van der Waals surface area contributed by atoms with Crippen LogP contribution in [-0.4, -0.2) is 23.5 Å². The van der Waals surface area contributed by atoms with E-state index in [1.54, 1.807) is 60.7 Å². The summed E-state index contributed by atoms with van der Waals surface area (Å²) >= 11 is 7.00. The molecular formula is C30H22ClF2N3O3S. The van der Waals surface area contributed by atoms with Crippen molar-refractivity contribution in [2.75, 3.05) is 16.4 Å². The van der Waals surface area contributed by atoms with Gasteiger partial charge < -0.3 is 16.0 Å². The first-order chi connectivity index (χ1) is 19.3. The zero-order valence-electron chi connectivity index (χ0n) is 20.8. The van der Waals surface area contributed by atoms with Crippen LogP contribution >= 0.6 is 23.4 Å². The van der Waals surface area contributed by atoms with Gasteiger partial charge in [-0.25, -0.2) is 8.78 Å². The zero-order valence-corrected chi connectivity index (χ0v) is 22.4. The summed E-state index contributed by atoms with van der Waals surface area (Å²) in [6, 6.07) is 24.8. The molecule has 3 amide bonds. The van der Waals surface area contributed by atoms with E-state index in [0.717, 1.165) is 4.90 Å². The molecule has 0 saturated carbocycles. The van der Waals surface area contributed by atoms with E-state index in [0.29, 0.717) is 16.9 Å². The predicted octanol–water partition coefficient (Wildman–Crippen LogP) is 6.76. The monoisotopic (exact) mass is 577 g/mol. The van der Waals surface area contributed by atoms with E-state index in [-0.39, 0.29) is 27.9 Å². The molecule has 40 heavy (non-hydrogen) atoms. The Bertz CT molecular complexity index is 1560. The Morgan fingerprint density at radius 2 is 1.45 bits per heavy atom. The Morgan fingerprint density at radius 1 is 0.775 bits per heavy atom. The van der Waals surface area contributed by atoms with E-state index in [2.05, 4.69) is 16.0 Å². The second-order valence-corrected chi connectivity index (χ2v) is 9.80. The lowest BCUT2D eigenvalue weighted by Gasteiger charge is -2.12. The molecule has 0 aliphatic heterocycles. The third-order valence-corrected chi connectivity index (χ3v) is 6.72. The standard InChI is InChI=1S/C30H22ClF2N3O3S/c31-24-17-22(12-15-26(24)33)34-28(37)18-40-23-13-10-21(11-14-23)35-30(39)27(16-20-8-4-5-9-25(20)32)36-29(38)19-6-2-1-3-7-19/h1-17H,18H2,(H,34,37)(H,35,39)(H,36,38)/b27-16-. The van der Waals surface area contributed by atoms with Gasteiger partial charge >= 0.3 is 0 Å². The summed E-state index contributed by atoms with van der Waals surface area (Å²) in [6.45, 7) is 0. The molecule has 0 unspecified atom stereocenters. The molecule has 0 heterocycles. The second-order valence-electron chi connectivity index (χ2n) is 8.34. The highest BCUT2D eigenvalue weighted by Gasteiger charge is 2.16. The second kappa shape index (κ2) is 13.5. The van der Waals surface area contributed by atoms with Crippen LogP contribution in [0.4, 0.5) is 20.2 Å². The van der Waals surface area contributed by atoms with Crippen molar-refractivity contribution in [3.63, 3.8) is 0 Å². The SMILES string of the molecule is O=C(CSc1ccc(NC(=O)/C(=C/c2ccccc2F)NC(=O)c2ccccc2)cc1)Nc1ccc(F)c(Cl)c1. The van der Waals surface area contributed by atoms with Crippen LogP contribution in [0.1, 0.15) is 15.9 Å². The van der Waals surface area contributed by atoms with Crippen LogP contribution in [0.5, 0.6) is 0 Å². The number of rotatable bonds is 9. The maximum Gasteiger partial charge on any atom is 0.272 e. The summed E-state index contributed by atoms with van der Waals surface area (Å²) in [6.07, 6.45) is 1.27. The third-order valence-electron chi connectivity index (χ3n) is 5.42. The Labute approximate surface area is 238 Å². The smallest absolute Gasteiger partial charge is 0.272 e. The maximum absolute atomic E-state index is 14.3. The van der Waals surface area contributed by atoms with Gasteiger partial charge in [0, 0.05) is 27.4 Å². The van der Waals surface area contributed by atoms with Crippen molar-refractivity contribution in [3.05, 3.63) is 131 Å². The van der Waals surface area contributed by atoms with Crippen molar-refractivity contribution in [1.29, 1.82) is 0 Å². The van der Waals surface area contributed by atoms with Crippen molar-refractivity contribution in [2.24, 2.45) is 0 Å². The molecule has 0 fully saturated rings. The molecule has 0 saturated heterocycles. The summed E-state index contributed by atoms with van der Waals surface area (Å²) in [7, 11) is 0. The molecule has 6 nitrogen and oxygen atoms in total. The molecule has 0 spiro atoms. The lowest BCUT2D eigenvalue weighted by Crippen LogP contribution is -2.30. The van der Waals surface area contributed by atoms with Gasteiger partial charge in [-0.3, -0.25) is 14.4 Å². The van der Waals surface area contributed by atoms with Gasteiger partial charge in [0.05, 0.1) is 10.8 Å². The van der Waals surface area contributed by atoms with Gasteiger partial charge in [-0.2, -0.15) is 0 Å². The van der Waals surface area contributed by atoms with Gasteiger partial charge in [-0.15, -0.1) is 11.8 Å². The summed E-state index contributed by atoms with van der Waals surface area (Å²) in [5, 5.41) is 7.82. The summed E-state index contributed by atoms with van der Waals surface area (Å²) in [4.78, 5) is 38.8. The first-order valence-corrected chi connectivity index (χ1v) is 13.3. The lowest BCUT2D eigenvalue weighted by molar-refractivity contribution is -0.114. The fourth-order valence-corrected chi connectivity index (χ4v) is 4.32. The number of hydrogen-bond acceptors (Lipinski definition) is 4. The Kier molecular flexibility index (Phi) is 9.66. The van der Waals surface area contributed by atoms with Crippen LogP contribution in [0.2, 0.25) is 5.02 Å². The Morgan fingerprint density at radius 3 is 2.15 bits per heavy atom. The van der Waals surface area contributed by atoms with Crippen LogP contribution in [0, 0.1) is 11.6 Å². The van der Waals surface area contributed by atoms with Crippen molar-refractivity contribution in [1.82, 2.24) is 5.32 Å². The van der Waals surface area contributed by atoms with Crippen LogP contribution in [0.15, 0.2) is 108 Å². The average Bonchev–Trinajstić information content (AvgIpc) is 2.96. The van der Waals surface area contributed by atoms with Crippen LogP contribution in [0.25, 0.3) is 6.08 Å². The average molecular weight is 578 g/mol. The van der Waals surface area contributed by atoms with E-state index < -0.39 is 23.4 Å². The number of thioether (sulfide) groups is 1. The lowest BCUT2D eigenvalue weighted by atomic mass is 10.1. The molecule has 0 atom stereocenters. The van der Waals surface area contributed by atoms with Crippen molar-refractivity contribution in [2.45, 2.75) is 4.90 Å². The molecule has 0 radical (unpaired) electrons. The number of carbonyl (C=O) groups excluding carboxylic acids is 3. The summed E-state index contributed by atoms with van der Waals surface area (Å²) in [5.41, 5.74) is 1.13. The van der Waals surface area contributed by atoms with Crippen molar-refractivity contribution < 1.29 is 23.2 Å². The quantitative estimate of drug-likeness (QED) is 0.152. The molecule has 4 aromatic rings. The molecule has 3 N–H and O–H groups in total. The Hall–Kier alpha value is -4.47. The minimum atomic E-state index is -0.648. The van der Waals surface area contributed by atoms with E-state index in [4.69, 9.17) is 11.6 Å². The van der Waals surface area contributed by atoms with E-state index >= 15 is 0 Å². The number of anilines is 2. The highest BCUT2D eigenvalue weighted by Crippen LogP contribution is 2.23. The van der Waals surface area contributed by atoms with Crippen LogP contribution < -0.4 is 16.0 Å². The molecular weight excluding hydrogens is 556 g/mol. The first-order valence-electron chi connectivity index (χ1n) is 11.9. The van der Waals surface area contributed by atoms with Gasteiger partial charge in [0.25, 0.3) is 11.8 Å². The van der Waals surface area contributed by atoms with Gasteiger partial charge in [-0.1, -0.05) is 48.0 Å². The molecule has 0 bridgehead atoms. The number of amides is 3. The normalized spacial score (nSPS) is 11.0. The molecule has 0 aliphatic rings. The highest BCUT2D eigenvalue weighted by atomic mass is 35.5. The fraction of sp³-hybridized carbons (Fsp3) is 0.0333. The highest BCUT2D eigenvalue weighted by molar-refractivity contribution is 8.00. The zero-order chi connectivity index (χ0) is 28.5. The van der Waals surface area contributed by atoms with Crippen LogP contribution in [-0.2, 0) is 9.59 Å². The van der Waals surface area contributed by atoms with Crippen molar-refractivity contribution >= 4 is 58.5 Å². The first kappa shape index (κ1) is 28.5. The molecule has 10 heteroatoms. The van der Waals surface area contributed by atoms with E-state index in [1.165, 1.54) is 54.2 Å². The molecule has 4 rings (SSSR count). The molecule has 0 aromatic heterocycles. The number of benzene rings is 4. The molecule has 4 aromatic carbocycles.